The van der Waals surface area contributed by atoms with Crippen LogP contribution < -0.4 is 5.73 Å². The molecule has 0 amide bonds. The highest BCUT2D eigenvalue weighted by molar-refractivity contribution is 6.07. The number of aryl methyl sites for hydroxylation is 2. The molecule has 0 radical (unpaired) electrons. The first kappa shape index (κ1) is 12.3. The van der Waals surface area contributed by atoms with Gasteiger partial charge in [-0.25, -0.2) is 8.78 Å². The average Bonchev–Trinajstić information content (AvgIpc) is 2.63. The van der Waals surface area contributed by atoms with Crippen LogP contribution in [0, 0.1) is 25.5 Å². The minimum absolute atomic E-state index is 0.00917. The largest absolute Gasteiger partial charge is 0.458 e. The molecule has 0 unspecified atom stereocenters. The fraction of sp³-hybridized carbons (Fsp3) is 0.154. The highest BCUT2D eigenvalue weighted by atomic mass is 19.1. The van der Waals surface area contributed by atoms with Crippen LogP contribution in [0.25, 0.3) is 0 Å². The number of hydrogen-bond donors (Lipinski definition) is 1. The molecule has 0 aliphatic heterocycles. The number of furan rings is 1. The first-order chi connectivity index (χ1) is 8.40. The minimum atomic E-state index is -0.960. The summed E-state index contributed by atoms with van der Waals surface area (Å²) in [6.45, 7) is 3.46. The lowest BCUT2D eigenvalue weighted by Crippen LogP contribution is -2.05. The molecule has 2 aromatic rings. The summed E-state index contributed by atoms with van der Waals surface area (Å²) in [5, 5.41) is 0. The molecular formula is C13H11F2NO2. The van der Waals surface area contributed by atoms with Crippen molar-refractivity contribution in [1.29, 1.82) is 0 Å². The Morgan fingerprint density at radius 1 is 1.17 bits per heavy atom. The lowest BCUT2D eigenvalue weighted by atomic mass is 10.1. The van der Waals surface area contributed by atoms with Crippen molar-refractivity contribution in [2.45, 2.75) is 13.8 Å². The van der Waals surface area contributed by atoms with Gasteiger partial charge in [0.1, 0.15) is 17.4 Å². The maximum atomic E-state index is 13.5. The fourth-order valence-electron chi connectivity index (χ4n) is 1.56. The van der Waals surface area contributed by atoms with E-state index < -0.39 is 17.4 Å². The van der Waals surface area contributed by atoms with Gasteiger partial charge in [0.2, 0.25) is 5.78 Å². The van der Waals surface area contributed by atoms with Gasteiger partial charge >= 0.3 is 0 Å². The number of ketones is 1. The van der Waals surface area contributed by atoms with E-state index in [1.54, 1.807) is 13.8 Å². The molecule has 0 aliphatic carbocycles. The molecule has 3 nitrogen and oxygen atoms in total. The third kappa shape index (κ3) is 1.99. The van der Waals surface area contributed by atoms with Gasteiger partial charge in [-0.15, -0.1) is 0 Å². The number of carbonyl (C=O) groups is 1. The first-order valence-electron chi connectivity index (χ1n) is 5.26. The van der Waals surface area contributed by atoms with E-state index in [4.69, 9.17) is 10.2 Å². The van der Waals surface area contributed by atoms with Crippen molar-refractivity contribution in [3.05, 3.63) is 52.5 Å². The van der Waals surface area contributed by atoms with E-state index >= 15 is 0 Å². The smallest absolute Gasteiger partial charge is 0.231 e. The Hall–Kier alpha value is -2.17. The molecule has 0 aliphatic rings. The molecule has 0 saturated carbocycles. The molecule has 94 valence electrons. The van der Waals surface area contributed by atoms with Crippen molar-refractivity contribution in [3.63, 3.8) is 0 Å². The first-order valence-corrected chi connectivity index (χ1v) is 5.26. The number of halogens is 2. The second-order valence-corrected chi connectivity index (χ2v) is 4.03. The van der Waals surface area contributed by atoms with E-state index in [0.29, 0.717) is 11.8 Å². The van der Waals surface area contributed by atoms with Gasteiger partial charge in [-0.1, -0.05) is 0 Å². The summed E-state index contributed by atoms with van der Waals surface area (Å²) in [5.74, 6) is -1.92. The Labute approximate surface area is 102 Å². The summed E-state index contributed by atoms with van der Waals surface area (Å²) in [6, 6.07) is 3.07. The summed E-state index contributed by atoms with van der Waals surface area (Å²) in [5.41, 5.74) is 5.52. The molecule has 5 heteroatoms. The van der Waals surface area contributed by atoms with Crippen LogP contribution in [-0.2, 0) is 0 Å². The molecule has 1 aromatic carbocycles. The maximum absolute atomic E-state index is 13.5. The Bertz CT molecular complexity index is 613. The summed E-state index contributed by atoms with van der Waals surface area (Å²) >= 11 is 0. The maximum Gasteiger partial charge on any atom is 0.231 e. The molecule has 2 N–H and O–H groups in total. The number of hydrogen-bond acceptors (Lipinski definition) is 3. The predicted molar refractivity (Wildman–Crippen MR) is 62.4 cm³/mol. The van der Waals surface area contributed by atoms with Crippen molar-refractivity contribution < 1.29 is 18.0 Å². The van der Waals surface area contributed by atoms with Gasteiger partial charge in [0.15, 0.2) is 5.76 Å². The molecule has 18 heavy (non-hydrogen) atoms. The van der Waals surface area contributed by atoms with Crippen molar-refractivity contribution in [3.8, 4) is 0 Å². The Balaban J connectivity index is 2.49. The van der Waals surface area contributed by atoms with Crippen LogP contribution in [-0.4, -0.2) is 5.78 Å². The normalized spacial score (nSPS) is 10.7. The summed E-state index contributed by atoms with van der Waals surface area (Å²) < 4.78 is 31.7. The number of rotatable bonds is 2. The quantitative estimate of drug-likeness (QED) is 0.659. The van der Waals surface area contributed by atoms with Crippen LogP contribution in [0.15, 0.2) is 22.6 Å². The zero-order valence-electron chi connectivity index (χ0n) is 9.88. The molecular weight excluding hydrogens is 240 g/mol. The molecule has 0 bridgehead atoms. The monoisotopic (exact) mass is 251 g/mol. The number of benzene rings is 1. The highest BCUT2D eigenvalue weighted by Gasteiger charge is 2.20. The van der Waals surface area contributed by atoms with Gasteiger partial charge in [-0.05, 0) is 31.5 Å². The zero-order valence-corrected chi connectivity index (χ0v) is 9.88. The highest BCUT2D eigenvalue weighted by Crippen LogP contribution is 2.22. The molecule has 0 spiro atoms. The lowest BCUT2D eigenvalue weighted by molar-refractivity contribution is 0.100. The molecule has 1 heterocycles. The molecule has 0 saturated heterocycles. The van der Waals surface area contributed by atoms with Crippen molar-refractivity contribution >= 4 is 11.5 Å². The zero-order chi connectivity index (χ0) is 13.4. The Morgan fingerprint density at radius 3 is 2.39 bits per heavy atom. The van der Waals surface area contributed by atoms with E-state index in [1.165, 1.54) is 6.07 Å². The molecule has 0 atom stereocenters. The van der Waals surface area contributed by atoms with Crippen molar-refractivity contribution in [1.82, 2.24) is 0 Å². The third-order valence-corrected chi connectivity index (χ3v) is 2.72. The van der Waals surface area contributed by atoms with E-state index in [-0.39, 0.29) is 17.0 Å². The summed E-state index contributed by atoms with van der Waals surface area (Å²) in [7, 11) is 0. The van der Waals surface area contributed by atoms with E-state index in [1.807, 2.05) is 0 Å². The van der Waals surface area contributed by atoms with Crippen LogP contribution >= 0.6 is 0 Å². The second-order valence-electron chi connectivity index (χ2n) is 4.03. The number of nitrogens with two attached hydrogens (primary N) is 1. The van der Waals surface area contributed by atoms with Crippen molar-refractivity contribution in [2.24, 2.45) is 0 Å². The van der Waals surface area contributed by atoms with Gasteiger partial charge in [-0.2, -0.15) is 0 Å². The summed E-state index contributed by atoms with van der Waals surface area (Å²) in [6.07, 6.45) is 0. The Kier molecular flexibility index (Phi) is 2.90. The third-order valence-electron chi connectivity index (χ3n) is 2.72. The lowest BCUT2D eigenvalue weighted by Gasteiger charge is -2.03. The van der Waals surface area contributed by atoms with Gasteiger partial charge < -0.3 is 10.2 Å². The van der Waals surface area contributed by atoms with Gasteiger partial charge in [-0.3, -0.25) is 4.79 Å². The van der Waals surface area contributed by atoms with Crippen molar-refractivity contribution in [2.75, 3.05) is 5.73 Å². The molecule has 0 fully saturated rings. The molecule has 2 rings (SSSR count). The van der Waals surface area contributed by atoms with E-state index in [2.05, 4.69) is 0 Å². The summed E-state index contributed by atoms with van der Waals surface area (Å²) in [4.78, 5) is 12.0. The van der Waals surface area contributed by atoms with Crippen LogP contribution in [0.4, 0.5) is 14.5 Å². The Morgan fingerprint density at radius 2 is 1.83 bits per heavy atom. The van der Waals surface area contributed by atoms with Gasteiger partial charge in [0.25, 0.3) is 0 Å². The molecule has 1 aromatic heterocycles. The van der Waals surface area contributed by atoms with Crippen LogP contribution in [0.2, 0.25) is 0 Å². The average molecular weight is 251 g/mol. The number of carbonyl (C=O) groups excluding carboxylic acids is 1. The van der Waals surface area contributed by atoms with Gasteiger partial charge in [0.05, 0.1) is 11.3 Å². The SMILES string of the molecule is Cc1cc(C(=O)c2cc(N)c(F)cc2F)oc1C. The van der Waals surface area contributed by atoms with Crippen LogP contribution in [0.5, 0.6) is 0 Å². The van der Waals surface area contributed by atoms with Crippen LogP contribution in [0.3, 0.4) is 0 Å². The number of nitrogen functional groups attached to an aromatic ring is 1. The van der Waals surface area contributed by atoms with Crippen LogP contribution in [0.1, 0.15) is 27.4 Å². The topological polar surface area (TPSA) is 56.2 Å². The van der Waals surface area contributed by atoms with E-state index in [9.17, 15) is 13.6 Å². The second kappa shape index (κ2) is 4.25. The minimum Gasteiger partial charge on any atom is -0.458 e. The fourth-order valence-corrected chi connectivity index (χ4v) is 1.56. The number of anilines is 1. The van der Waals surface area contributed by atoms with Gasteiger partial charge in [0, 0.05) is 6.07 Å². The van der Waals surface area contributed by atoms with E-state index in [0.717, 1.165) is 11.6 Å². The predicted octanol–water partition coefficient (Wildman–Crippen LogP) is 2.99. The standard InChI is InChI=1S/C13H11F2NO2/c1-6-3-12(18-7(6)2)13(17)8-4-11(16)10(15)5-9(8)14/h3-5H,16H2,1-2H3.